The molecule has 1 saturated heterocycles. The van der Waals surface area contributed by atoms with Crippen LogP contribution in [0, 0.1) is 31.0 Å². The summed E-state index contributed by atoms with van der Waals surface area (Å²) in [7, 11) is 0. The summed E-state index contributed by atoms with van der Waals surface area (Å²) in [4.78, 5) is 21.3. The van der Waals surface area contributed by atoms with Gasteiger partial charge in [0.05, 0.1) is 16.8 Å². The summed E-state index contributed by atoms with van der Waals surface area (Å²) in [6, 6.07) is 12.7. The monoisotopic (exact) mass is 402 g/mol. The molecule has 6 heteroatoms. The van der Waals surface area contributed by atoms with Crippen LogP contribution in [0.5, 0.6) is 0 Å². The number of aryl methyl sites for hydroxylation is 2. The van der Waals surface area contributed by atoms with E-state index in [0.717, 1.165) is 17.5 Å². The molecule has 1 fully saturated rings. The van der Waals surface area contributed by atoms with Gasteiger partial charge < -0.3 is 9.80 Å². The van der Waals surface area contributed by atoms with Crippen molar-refractivity contribution in [3.8, 4) is 6.07 Å². The highest BCUT2D eigenvalue weighted by molar-refractivity contribution is 5.96. The molecule has 2 heterocycles. The number of nitrogens with zero attached hydrogens (tertiary/aromatic N) is 4. The van der Waals surface area contributed by atoms with E-state index in [0.29, 0.717) is 53.9 Å². The van der Waals surface area contributed by atoms with Crippen molar-refractivity contribution in [2.45, 2.75) is 20.3 Å². The Labute approximate surface area is 175 Å². The molecule has 152 valence electrons. The van der Waals surface area contributed by atoms with Crippen molar-refractivity contribution in [2.24, 2.45) is 0 Å². The number of fused-ring (bicyclic) bond motifs is 1. The van der Waals surface area contributed by atoms with Gasteiger partial charge in [0.25, 0.3) is 5.91 Å². The summed E-state index contributed by atoms with van der Waals surface area (Å²) in [5.41, 5.74) is 4.30. The van der Waals surface area contributed by atoms with Gasteiger partial charge in [-0.1, -0.05) is 17.7 Å². The van der Waals surface area contributed by atoms with Gasteiger partial charge in [-0.2, -0.15) is 5.26 Å². The zero-order valence-electron chi connectivity index (χ0n) is 17.2. The minimum Gasteiger partial charge on any atom is -0.368 e. The number of nitriles is 1. The minimum atomic E-state index is -0.343. The number of pyridine rings is 1. The predicted molar refractivity (Wildman–Crippen MR) is 115 cm³/mol. The molecule has 1 aliphatic rings. The Balaban J connectivity index is 1.66. The van der Waals surface area contributed by atoms with Crippen LogP contribution < -0.4 is 4.90 Å². The predicted octanol–water partition coefficient (Wildman–Crippen LogP) is 4.21. The first-order valence-corrected chi connectivity index (χ1v) is 10.1. The number of hydrogen-bond acceptors (Lipinski definition) is 4. The lowest BCUT2D eigenvalue weighted by atomic mass is 10.0. The topological polar surface area (TPSA) is 60.2 Å². The Kier molecular flexibility index (Phi) is 5.37. The standard InChI is InChI=1S/C24H23FN4O/c1-16-5-3-6-18(11-16)24(30)29-8-4-7-28(9-10-29)23-19(14-26)15-27-22-17(2)12-20(25)13-21(22)23/h3,5-6,11-13,15H,4,7-10H2,1-2H3. The summed E-state index contributed by atoms with van der Waals surface area (Å²) >= 11 is 0. The highest BCUT2D eigenvalue weighted by atomic mass is 19.1. The van der Waals surface area contributed by atoms with Crippen LogP contribution in [-0.4, -0.2) is 42.0 Å². The van der Waals surface area contributed by atoms with Crippen molar-refractivity contribution in [1.82, 2.24) is 9.88 Å². The molecule has 0 aliphatic carbocycles. The fraction of sp³-hybridized carbons (Fsp3) is 0.292. The molecule has 1 aromatic heterocycles. The summed E-state index contributed by atoms with van der Waals surface area (Å²) in [5.74, 6) is -0.327. The van der Waals surface area contributed by atoms with E-state index >= 15 is 0 Å². The second-order valence-electron chi connectivity index (χ2n) is 7.75. The van der Waals surface area contributed by atoms with Gasteiger partial charge in [0.2, 0.25) is 0 Å². The zero-order valence-corrected chi connectivity index (χ0v) is 17.2. The van der Waals surface area contributed by atoms with E-state index in [4.69, 9.17) is 0 Å². The lowest BCUT2D eigenvalue weighted by molar-refractivity contribution is 0.0767. The van der Waals surface area contributed by atoms with Crippen LogP contribution in [-0.2, 0) is 0 Å². The van der Waals surface area contributed by atoms with Crippen LogP contribution in [0.4, 0.5) is 10.1 Å². The SMILES string of the molecule is Cc1cccc(C(=O)N2CCCN(c3c(C#N)cnc4c(C)cc(F)cc34)CC2)c1. The minimum absolute atomic E-state index is 0.0162. The molecule has 5 nitrogen and oxygen atoms in total. The fourth-order valence-corrected chi connectivity index (χ4v) is 4.15. The molecule has 4 rings (SSSR count). The smallest absolute Gasteiger partial charge is 0.253 e. The molecule has 0 saturated carbocycles. The molecule has 0 radical (unpaired) electrons. The average Bonchev–Trinajstić information content (AvgIpc) is 2.98. The van der Waals surface area contributed by atoms with Gasteiger partial charge in [0, 0.05) is 43.3 Å². The summed E-state index contributed by atoms with van der Waals surface area (Å²) in [5, 5.41) is 10.3. The van der Waals surface area contributed by atoms with E-state index in [-0.39, 0.29) is 11.7 Å². The Morgan fingerprint density at radius 1 is 1.13 bits per heavy atom. The zero-order chi connectivity index (χ0) is 21.3. The van der Waals surface area contributed by atoms with Gasteiger partial charge in [-0.05, 0) is 50.1 Å². The maximum absolute atomic E-state index is 14.2. The molecule has 0 atom stereocenters. The van der Waals surface area contributed by atoms with Crippen molar-refractivity contribution in [3.05, 3.63) is 70.7 Å². The molecule has 30 heavy (non-hydrogen) atoms. The quantitative estimate of drug-likeness (QED) is 0.644. The molecular weight excluding hydrogens is 379 g/mol. The highest BCUT2D eigenvalue weighted by Crippen LogP contribution is 2.32. The number of hydrogen-bond donors (Lipinski definition) is 0. The number of anilines is 1. The Hall–Kier alpha value is -3.46. The van der Waals surface area contributed by atoms with Crippen LogP contribution in [0.15, 0.2) is 42.6 Å². The lowest BCUT2D eigenvalue weighted by Crippen LogP contribution is -2.35. The van der Waals surface area contributed by atoms with E-state index in [1.54, 1.807) is 6.20 Å². The number of carbonyl (C=O) groups is 1. The lowest BCUT2D eigenvalue weighted by Gasteiger charge is -2.26. The number of rotatable bonds is 2. The molecule has 0 bridgehead atoms. The maximum Gasteiger partial charge on any atom is 0.253 e. The molecule has 0 N–H and O–H groups in total. The summed E-state index contributed by atoms with van der Waals surface area (Å²) < 4.78 is 14.2. The van der Waals surface area contributed by atoms with Crippen LogP contribution in [0.1, 0.15) is 33.5 Å². The molecule has 0 unspecified atom stereocenters. The van der Waals surface area contributed by atoms with E-state index in [1.165, 1.54) is 12.1 Å². The third-order valence-corrected chi connectivity index (χ3v) is 5.58. The van der Waals surface area contributed by atoms with Crippen molar-refractivity contribution in [1.29, 1.82) is 5.26 Å². The number of halogens is 1. The van der Waals surface area contributed by atoms with Crippen molar-refractivity contribution < 1.29 is 9.18 Å². The van der Waals surface area contributed by atoms with Gasteiger partial charge >= 0.3 is 0 Å². The Morgan fingerprint density at radius 3 is 2.73 bits per heavy atom. The van der Waals surface area contributed by atoms with E-state index < -0.39 is 0 Å². The average molecular weight is 402 g/mol. The molecule has 3 aromatic rings. The van der Waals surface area contributed by atoms with Crippen LogP contribution >= 0.6 is 0 Å². The first-order valence-electron chi connectivity index (χ1n) is 10.1. The van der Waals surface area contributed by atoms with E-state index in [1.807, 2.05) is 43.0 Å². The second kappa shape index (κ2) is 8.11. The Morgan fingerprint density at radius 2 is 1.97 bits per heavy atom. The van der Waals surface area contributed by atoms with Crippen LogP contribution in [0.3, 0.4) is 0 Å². The fourth-order valence-electron chi connectivity index (χ4n) is 4.15. The molecule has 1 aliphatic heterocycles. The van der Waals surface area contributed by atoms with E-state index in [2.05, 4.69) is 16.0 Å². The van der Waals surface area contributed by atoms with Gasteiger partial charge in [-0.3, -0.25) is 9.78 Å². The second-order valence-corrected chi connectivity index (χ2v) is 7.75. The first-order chi connectivity index (χ1) is 14.5. The highest BCUT2D eigenvalue weighted by Gasteiger charge is 2.24. The van der Waals surface area contributed by atoms with Gasteiger partial charge in [0.1, 0.15) is 11.9 Å². The van der Waals surface area contributed by atoms with Crippen LogP contribution in [0.2, 0.25) is 0 Å². The normalized spacial score (nSPS) is 14.5. The van der Waals surface area contributed by atoms with Crippen LogP contribution in [0.25, 0.3) is 10.9 Å². The largest absolute Gasteiger partial charge is 0.368 e. The molecule has 0 spiro atoms. The van der Waals surface area contributed by atoms with Gasteiger partial charge in [-0.25, -0.2) is 4.39 Å². The summed E-state index contributed by atoms with van der Waals surface area (Å²) in [6.45, 7) is 6.22. The third kappa shape index (κ3) is 3.71. The Bertz CT molecular complexity index is 1170. The number of aromatic nitrogens is 1. The van der Waals surface area contributed by atoms with Gasteiger partial charge in [0.15, 0.2) is 0 Å². The maximum atomic E-state index is 14.2. The first kappa shape index (κ1) is 19.8. The number of benzene rings is 2. The third-order valence-electron chi connectivity index (χ3n) is 5.58. The number of carbonyl (C=O) groups excluding carboxylic acids is 1. The molecular formula is C24H23FN4O. The van der Waals surface area contributed by atoms with E-state index in [9.17, 15) is 14.4 Å². The van der Waals surface area contributed by atoms with Crippen molar-refractivity contribution >= 4 is 22.5 Å². The van der Waals surface area contributed by atoms with Gasteiger partial charge in [-0.15, -0.1) is 0 Å². The van der Waals surface area contributed by atoms with Crippen molar-refractivity contribution in [2.75, 3.05) is 31.1 Å². The van der Waals surface area contributed by atoms with Crippen molar-refractivity contribution in [3.63, 3.8) is 0 Å². The summed E-state index contributed by atoms with van der Waals surface area (Å²) in [6.07, 6.45) is 2.32. The molecule has 2 aromatic carbocycles. The molecule has 1 amide bonds. The number of amides is 1.